The fraction of sp³-hybridized carbons (Fsp3) is 0.409. The molecular weight excluding hydrogens is 373 g/mol. The molecule has 0 atom stereocenters. The number of phenolic OH excluding ortho intramolecular Hbond substituents is 1. The quantitative estimate of drug-likeness (QED) is 0.816. The molecule has 1 aromatic carbocycles. The molecule has 0 spiro atoms. The molecule has 2 amide bonds. The van der Waals surface area contributed by atoms with Crippen molar-refractivity contribution in [1.82, 2.24) is 4.98 Å². The van der Waals surface area contributed by atoms with Gasteiger partial charge in [0.2, 0.25) is 5.91 Å². The number of carbonyl (C=O) groups excluding carboxylic acids is 2. The van der Waals surface area contributed by atoms with Crippen LogP contribution in [-0.2, 0) is 16.6 Å². The van der Waals surface area contributed by atoms with Gasteiger partial charge in [0, 0.05) is 28.6 Å². The van der Waals surface area contributed by atoms with Gasteiger partial charge in [-0.3, -0.25) is 14.6 Å². The van der Waals surface area contributed by atoms with Gasteiger partial charge in [0.15, 0.2) is 0 Å². The van der Waals surface area contributed by atoms with E-state index < -0.39 is 22.7 Å². The molecule has 1 aromatic heterocycles. The summed E-state index contributed by atoms with van der Waals surface area (Å²) in [6.45, 7) is 11.1. The Morgan fingerprint density at radius 2 is 1.76 bits per heavy atom. The first-order valence-corrected chi connectivity index (χ1v) is 9.32. The molecule has 0 radical (unpaired) electrons. The molecule has 2 rings (SSSR count). The maximum absolute atomic E-state index is 14.7. The molecule has 0 saturated carbocycles. The summed E-state index contributed by atoms with van der Waals surface area (Å²) in [6.07, 6.45) is 1.14. The number of hydrogen-bond donors (Lipinski definition) is 2. The second-order valence-corrected chi connectivity index (χ2v) is 9.05. The van der Waals surface area contributed by atoms with Gasteiger partial charge in [-0.15, -0.1) is 0 Å². The molecule has 0 bridgehead atoms. The average molecular weight is 401 g/mol. The number of halogens is 1. The Kier molecular flexibility index (Phi) is 6.02. The number of primary amides is 1. The second kappa shape index (κ2) is 7.81. The molecule has 1 heterocycles. The van der Waals surface area contributed by atoms with Crippen molar-refractivity contribution in [3.05, 3.63) is 53.1 Å². The number of rotatable bonds is 4. The van der Waals surface area contributed by atoms with Crippen molar-refractivity contribution in [2.24, 2.45) is 5.73 Å². The number of amides is 2. The largest absolute Gasteiger partial charge is 0.508 e. The highest BCUT2D eigenvalue weighted by Crippen LogP contribution is 2.33. The molecule has 6 nitrogen and oxygen atoms in total. The molecule has 0 aliphatic carbocycles. The number of nitrogens with two attached hydrogens (primary N) is 1. The summed E-state index contributed by atoms with van der Waals surface area (Å²) in [5.74, 6) is -1.70. The molecule has 3 N–H and O–H groups in total. The Balaban J connectivity index is 2.44. The summed E-state index contributed by atoms with van der Waals surface area (Å²) in [5, 5.41) is 10.3. The van der Waals surface area contributed by atoms with E-state index in [0.29, 0.717) is 11.3 Å². The fourth-order valence-corrected chi connectivity index (χ4v) is 3.18. The van der Waals surface area contributed by atoms with Gasteiger partial charge in [-0.2, -0.15) is 0 Å². The molecule has 29 heavy (non-hydrogen) atoms. The highest BCUT2D eigenvalue weighted by atomic mass is 19.1. The summed E-state index contributed by atoms with van der Waals surface area (Å²) in [7, 11) is 0. The number of benzene rings is 1. The van der Waals surface area contributed by atoms with Gasteiger partial charge in [0.25, 0.3) is 5.91 Å². The molecule has 0 aliphatic rings. The van der Waals surface area contributed by atoms with Gasteiger partial charge in [-0.05, 0) is 50.5 Å². The first-order valence-electron chi connectivity index (χ1n) is 9.32. The number of carbonyl (C=O) groups is 2. The van der Waals surface area contributed by atoms with Crippen LogP contribution in [0.2, 0.25) is 0 Å². The maximum atomic E-state index is 14.7. The molecule has 0 aliphatic heterocycles. The molecule has 156 valence electrons. The Hall–Kier alpha value is -2.96. The highest BCUT2D eigenvalue weighted by molar-refractivity contribution is 5.98. The van der Waals surface area contributed by atoms with E-state index in [-0.39, 0.29) is 29.3 Å². The zero-order valence-electron chi connectivity index (χ0n) is 17.7. The van der Waals surface area contributed by atoms with E-state index in [4.69, 9.17) is 5.73 Å². The zero-order valence-corrected chi connectivity index (χ0v) is 17.7. The van der Waals surface area contributed by atoms with Crippen LogP contribution in [0.3, 0.4) is 0 Å². The summed E-state index contributed by atoms with van der Waals surface area (Å²) < 4.78 is 14.7. The van der Waals surface area contributed by atoms with Gasteiger partial charge in [-0.1, -0.05) is 20.8 Å². The lowest BCUT2D eigenvalue weighted by Gasteiger charge is -2.36. The monoisotopic (exact) mass is 401 g/mol. The third-order valence-electron chi connectivity index (χ3n) is 4.49. The van der Waals surface area contributed by atoms with Gasteiger partial charge >= 0.3 is 0 Å². The van der Waals surface area contributed by atoms with Gasteiger partial charge in [0.1, 0.15) is 17.3 Å². The van der Waals surface area contributed by atoms with Crippen LogP contribution >= 0.6 is 0 Å². The van der Waals surface area contributed by atoms with Gasteiger partial charge < -0.3 is 15.7 Å². The number of nitrogens with zero attached hydrogens (tertiary/aromatic N) is 2. The van der Waals surface area contributed by atoms with Gasteiger partial charge in [0.05, 0.1) is 6.42 Å². The lowest BCUT2D eigenvalue weighted by atomic mass is 9.85. The van der Waals surface area contributed by atoms with Crippen molar-refractivity contribution in [3.8, 4) is 5.75 Å². The number of anilines is 1. The Morgan fingerprint density at radius 3 is 2.28 bits per heavy atom. The molecule has 0 saturated heterocycles. The zero-order chi connectivity index (χ0) is 22.1. The van der Waals surface area contributed by atoms with Crippen molar-refractivity contribution in [2.75, 3.05) is 4.90 Å². The number of aromatic nitrogens is 1. The van der Waals surface area contributed by atoms with E-state index in [1.807, 2.05) is 41.5 Å². The van der Waals surface area contributed by atoms with E-state index in [9.17, 15) is 19.1 Å². The van der Waals surface area contributed by atoms with Gasteiger partial charge in [-0.25, -0.2) is 4.39 Å². The normalized spacial score (nSPS) is 12.0. The van der Waals surface area contributed by atoms with Crippen molar-refractivity contribution in [3.63, 3.8) is 0 Å². The number of phenols is 1. The standard InChI is InChI=1S/C22H28FN3O3/c1-21(2,3)15-12-16(23)13(9-18(15)27)10-19(28)26(22(4,5)6)14-7-8-25-17(11-14)20(24)29/h7-9,11-12,27H,10H2,1-6H3,(H2,24,29). The lowest BCUT2D eigenvalue weighted by molar-refractivity contribution is -0.119. The Morgan fingerprint density at radius 1 is 1.14 bits per heavy atom. The first kappa shape index (κ1) is 22.3. The smallest absolute Gasteiger partial charge is 0.267 e. The van der Waals surface area contributed by atoms with Crippen LogP contribution in [0.25, 0.3) is 0 Å². The average Bonchev–Trinajstić information content (AvgIpc) is 2.55. The minimum atomic E-state index is -0.707. The topological polar surface area (TPSA) is 96.5 Å². The van der Waals surface area contributed by atoms with Crippen molar-refractivity contribution >= 4 is 17.5 Å². The Bertz CT molecular complexity index is 943. The minimum absolute atomic E-state index is 0.0305. The van der Waals surface area contributed by atoms with Crippen LogP contribution in [0.15, 0.2) is 30.5 Å². The van der Waals surface area contributed by atoms with E-state index in [1.165, 1.54) is 29.3 Å². The second-order valence-electron chi connectivity index (χ2n) is 9.05. The molecule has 2 aromatic rings. The van der Waals surface area contributed by atoms with Crippen LogP contribution < -0.4 is 10.6 Å². The molecule has 7 heteroatoms. The maximum Gasteiger partial charge on any atom is 0.267 e. The third kappa shape index (κ3) is 5.10. The summed E-state index contributed by atoms with van der Waals surface area (Å²) >= 11 is 0. The SMILES string of the molecule is CC(C)(C)c1cc(F)c(CC(=O)N(c2ccnc(C(N)=O)c2)C(C)(C)C)cc1O. The number of aromatic hydroxyl groups is 1. The lowest BCUT2D eigenvalue weighted by Crippen LogP contribution is -2.47. The molecule has 0 fully saturated rings. The van der Waals surface area contributed by atoms with Crippen molar-refractivity contribution < 1.29 is 19.1 Å². The van der Waals surface area contributed by atoms with Crippen molar-refractivity contribution in [1.29, 1.82) is 0 Å². The van der Waals surface area contributed by atoms with Crippen LogP contribution in [0.4, 0.5) is 10.1 Å². The van der Waals surface area contributed by atoms with E-state index in [0.717, 1.165) is 0 Å². The summed E-state index contributed by atoms with van der Waals surface area (Å²) in [6, 6.07) is 5.60. The summed E-state index contributed by atoms with van der Waals surface area (Å²) in [5.41, 5.74) is 5.23. The molecular formula is C22H28FN3O3. The van der Waals surface area contributed by atoms with E-state index in [2.05, 4.69) is 4.98 Å². The third-order valence-corrected chi connectivity index (χ3v) is 4.49. The highest BCUT2D eigenvalue weighted by Gasteiger charge is 2.30. The van der Waals surface area contributed by atoms with Crippen LogP contribution in [0.1, 0.15) is 63.2 Å². The number of pyridine rings is 1. The van der Waals surface area contributed by atoms with Crippen LogP contribution in [0.5, 0.6) is 5.75 Å². The molecule has 0 unspecified atom stereocenters. The first-order chi connectivity index (χ1) is 13.2. The summed E-state index contributed by atoms with van der Waals surface area (Å²) in [4.78, 5) is 30.0. The Labute approximate surface area is 170 Å². The number of hydrogen-bond acceptors (Lipinski definition) is 4. The van der Waals surface area contributed by atoms with E-state index in [1.54, 1.807) is 6.07 Å². The fourth-order valence-electron chi connectivity index (χ4n) is 3.18. The van der Waals surface area contributed by atoms with Crippen LogP contribution in [0, 0.1) is 5.82 Å². The predicted octanol–water partition coefficient (Wildman–Crippen LogP) is 3.70. The predicted molar refractivity (Wildman–Crippen MR) is 110 cm³/mol. The van der Waals surface area contributed by atoms with Crippen molar-refractivity contribution in [2.45, 2.75) is 58.9 Å². The van der Waals surface area contributed by atoms with E-state index >= 15 is 0 Å². The minimum Gasteiger partial charge on any atom is -0.508 e. The van der Waals surface area contributed by atoms with Crippen LogP contribution in [-0.4, -0.2) is 27.4 Å².